The molecule has 8 heteroatoms. The second-order valence-corrected chi connectivity index (χ2v) is 7.66. The van der Waals surface area contributed by atoms with E-state index in [1.54, 1.807) is 30.3 Å². The maximum absolute atomic E-state index is 12.2. The first-order valence-corrected chi connectivity index (χ1v) is 9.53. The highest BCUT2D eigenvalue weighted by molar-refractivity contribution is 7.92. The molecule has 2 rings (SSSR count). The number of amides is 1. The number of rotatable bonds is 6. The van der Waals surface area contributed by atoms with Crippen LogP contribution in [0.2, 0.25) is 0 Å². The van der Waals surface area contributed by atoms with E-state index in [0.29, 0.717) is 5.69 Å². The fraction of sp³-hybridized carbons (Fsp3) is 0.200. The third kappa shape index (κ3) is 4.64. The van der Waals surface area contributed by atoms with E-state index in [2.05, 4.69) is 10.5 Å². The van der Waals surface area contributed by atoms with E-state index < -0.39 is 22.0 Å². The average molecular weight is 351 g/mol. The zero-order chi connectivity index (χ0) is 16.9. The van der Waals surface area contributed by atoms with Crippen LogP contribution in [0.25, 0.3) is 0 Å². The fourth-order valence-corrected chi connectivity index (χ4v) is 3.76. The summed E-state index contributed by atoms with van der Waals surface area (Å²) >= 11 is 1.48. The van der Waals surface area contributed by atoms with E-state index in [9.17, 15) is 13.2 Å². The number of sulfonamides is 1. The Bertz CT molecular complexity index is 772. The Balaban J connectivity index is 2.14. The largest absolute Gasteiger partial charge is 0.271 e. The van der Waals surface area contributed by atoms with Crippen LogP contribution in [0.4, 0.5) is 5.69 Å². The number of hydrazone groups is 1. The Morgan fingerprint density at radius 3 is 2.52 bits per heavy atom. The van der Waals surface area contributed by atoms with Gasteiger partial charge in [0, 0.05) is 4.88 Å². The second-order valence-electron chi connectivity index (χ2n) is 4.82. The summed E-state index contributed by atoms with van der Waals surface area (Å²) in [5.41, 5.74) is 2.80. The molecule has 0 spiro atoms. The SMILES string of the molecule is C[C@@H](C(=O)N/N=C\c1cccs1)N(c1ccccc1)S(C)(=O)=O. The minimum atomic E-state index is -3.61. The fourth-order valence-electron chi connectivity index (χ4n) is 2.00. The van der Waals surface area contributed by atoms with Gasteiger partial charge < -0.3 is 0 Å². The number of hydrogen-bond acceptors (Lipinski definition) is 5. The van der Waals surface area contributed by atoms with Crippen molar-refractivity contribution in [1.82, 2.24) is 5.43 Å². The molecule has 1 aromatic heterocycles. The van der Waals surface area contributed by atoms with E-state index in [0.717, 1.165) is 15.4 Å². The number of anilines is 1. The molecule has 0 aliphatic heterocycles. The van der Waals surface area contributed by atoms with Crippen LogP contribution in [-0.2, 0) is 14.8 Å². The van der Waals surface area contributed by atoms with Crippen molar-refractivity contribution in [2.24, 2.45) is 5.10 Å². The van der Waals surface area contributed by atoms with Crippen molar-refractivity contribution in [2.75, 3.05) is 10.6 Å². The lowest BCUT2D eigenvalue weighted by Crippen LogP contribution is -2.46. The van der Waals surface area contributed by atoms with Crippen LogP contribution < -0.4 is 9.73 Å². The van der Waals surface area contributed by atoms with Crippen LogP contribution >= 0.6 is 11.3 Å². The number of carbonyl (C=O) groups is 1. The lowest BCUT2D eigenvalue weighted by Gasteiger charge is -2.27. The first kappa shape index (κ1) is 17.2. The van der Waals surface area contributed by atoms with Crippen molar-refractivity contribution < 1.29 is 13.2 Å². The Morgan fingerprint density at radius 2 is 1.96 bits per heavy atom. The summed E-state index contributed by atoms with van der Waals surface area (Å²) in [5.74, 6) is -0.507. The Hall–Kier alpha value is -2.19. The molecule has 2 aromatic rings. The smallest absolute Gasteiger partial charge is 0.263 e. The van der Waals surface area contributed by atoms with Crippen molar-refractivity contribution in [3.05, 3.63) is 52.7 Å². The van der Waals surface area contributed by atoms with Gasteiger partial charge in [-0.25, -0.2) is 13.8 Å². The van der Waals surface area contributed by atoms with Gasteiger partial charge in [-0.2, -0.15) is 5.10 Å². The van der Waals surface area contributed by atoms with Gasteiger partial charge in [0.25, 0.3) is 5.91 Å². The van der Waals surface area contributed by atoms with Gasteiger partial charge in [-0.15, -0.1) is 11.3 Å². The second kappa shape index (κ2) is 7.38. The molecule has 0 bridgehead atoms. The molecule has 1 N–H and O–H groups in total. The molecule has 0 radical (unpaired) electrons. The molecule has 23 heavy (non-hydrogen) atoms. The van der Waals surface area contributed by atoms with Gasteiger partial charge in [0.2, 0.25) is 10.0 Å². The molecule has 1 heterocycles. The van der Waals surface area contributed by atoms with Gasteiger partial charge in [-0.3, -0.25) is 9.10 Å². The number of benzene rings is 1. The Labute approximate surface area is 139 Å². The van der Waals surface area contributed by atoms with Crippen molar-refractivity contribution in [3.63, 3.8) is 0 Å². The van der Waals surface area contributed by atoms with Crippen molar-refractivity contribution >= 4 is 39.2 Å². The van der Waals surface area contributed by atoms with Gasteiger partial charge in [-0.1, -0.05) is 24.3 Å². The normalized spacial score (nSPS) is 13.0. The third-order valence-corrected chi connectivity index (χ3v) is 5.06. The molecule has 122 valence electrons. The number of carbonyl (C=O) groups excluding carboxylic acids is 1. The van der Waals surface area contributed by atoms with Crippen LogP contribution in [0.5, 0.6) is 0 Å². The lowest BCUT2D eigenvalue weighted by atomic mass is 10.2. The molecule has 0 aliphatic rings. The van der Waals surface area contributed by atoms with Crippen molar-refractivity contribution in [3.8, 4) is 0 Å². The summed E-state index contributed by atoms with van der Waals surface area (Å²) in [4.78, 5) is 13.1. The first-order valence-electron chi connectivity index (χ1n) is 6.80. The zero-order valence-corrected chi connectivity index (χ0v) is 14.3. The maximum Gasteiger partial charge on any atom is 0.263 e. The summed E-state index contributed by atoms with van der Waals surface area (Å²) in [6.45, 7) is 1.52. The first-order chi connectivity index (χ1) is 10.9. The summed E-state index contributed by atoms with van der Waals surface area (Å²) in [6.07, 6.45) is 2.58. The Morgan fingerprint density at radius 1 is 1.26 bits per heavy atom. The highest BCUT2D eigenvalue weighted by Gasteiger charge is 2.28. The third-order valence-electron chi connectivity index (χ3n) is 3.01. The molecule has 0 saturated carbocycles. The van der Waals surface area contributed by atoms with Crippen LogP contribution in [0, 0.1) is 0 Å². The zero-order valence-electron chi connectivity index (χ0n) is 12.7. The average Bonchev–Trinajstić information content (AvgIpc) is 3.00. The monoisotopic (exact) mass is 351 g/mol. The summed E-state index contributed by atoms with van der Waals surface area (Å²) in [5, 5.41) is 5.75. The number of thiophene rings is 1. The number of nitrogens with one attached hydrogen (secondary N) is 1. The molecular weight excluding hydrogens is 334 g/mol. The topological polar surface area (TPSA) is 78.8 Å². The van der Waals surface area contributed by atoms with E-state index in [1.165, 1.54) is 24.5 Å². The van der Waals surface area contributed by atoms with Gasteiger partial charge in [0.05, 0.1) is 18.2 Å². The molecule has 0 aliphatic carbocycles. The van der Waals surface area contributed by atoms with Crippen LogP contribution in [0.1, 0.15) is 11.8 Å². The van der Waals surface area contributed by atoms with E-state index in [-0.39, 0.29) is 0 Å². The summed E-state index contributed by atoms with van der Waals surface area (Å²) in [6, 6.07) is 11.3. The van der Waals surface area contributed by atoms with Crippen molar-refractivity contribution in [2.45, 2.75) is 13.0 Å². The molecule has 6 nitrogen and oxygen atoms in total. The Kier molecular flexibility index (Phi) is 5.51. The minimum absolute atomic E-state index is 0.430. The molecule has 1 aromatic carbocycles. The van der Waals surface area contributed by atoms with E-state index in [1.807, 2.05) is 17.5 Å². The molecule has 0 unspecified atom stereocenters. The van der Waals surface area contributed by atoms with Gasteiger partial charge >= 0.3 is 0 Å². The van der Waals surface area contributed by atoms with Gasteiger partial charge in [0.1, 0.15) is 6.04 Å². The highest BCUT2D eigenvalue weighted by Crippen LogP contribution is 2.20. The van der Waals surface area contributed by atoms with Gasteiger partial charge in [0.15, 0.2) is 0 Å². The molecule has 1 atom stereocenters. The molecule has 0 saturated heterocycles. The minimum Gasteiger partial charge on any atom is -0.271 e. The predicted molar refractivity (Wildman–Crippen MR) is 93.3 cm³/mol. The molecular formula is C15H17N3O3S2. The van der Waals surface area contributed by atoms with Gasteiger partial charge in [-0.05, 0) is 30.5 Å². The molecule has 0 fully saturated rings. The number of para-hydroxylation sites is 1. The quantitative estimate of drug-likeness (QED) is 0.639. The summed E-state index contributed by atoms with van der Waals surface area (Å²) in [7, 11) is -3.61. The van der Waals surface area contributed by atoms with E-state index >= 15 is 0 Å². The number of nitrogens with zero attached hydrogens (tertiary/aromatic N) is 2. The van der Waals surface area contributed by atoms with Crippen LogP contribution in [0.3, 0.4) is 0 Å². The van der Waals surface area contributed by atoms with E-state index in [4.69, 9.17) is 0 Å². The molecule has 1 amide bonds. The van der Waals surface area contributed by atoms with Crippen molar-refractivity contribution in [1.29, 1.82) is 0 Å². The maximum atomic E-state index is 12.2. The van der Waals surface area contributed by atoms with Crippen LogP contribution in [0.15, 0.2) is 52.9 Å². The van der Waals surface area contributed by atoms with Crippen LogP contribution in [-0.4, -0.2) is 32.8 Å². The predicted octanol–water partition coefficient (Wildman–Crippen LogP) is 2.05. The summed E-state index contributed by atoms with van der Waals surface area (Å²) < 4.78 is 25.2. The number of hydrogen-bond donors (Lipinski definition) is 1. The lowest BCUT2D eigenvalue weighted by molar-refractivity contribution is -0.121. The highest BCUT2D eigenvalue weighted by atomic mass is 32.2. The standard InChI is InChI=1S/C15H17N3O3S2/c1-12(15(19)17-16-11-14-9-6-10-22-14)18(23(2,20)21)13-7-4-3-5-8-13/h3-12H,1-2H3,(H,17,19)/b16-11-/t12-/m0/s1.